The molecule has 0 aromatic heterocycles. The highest BCUT2D eigenvalue weighted by molar-refractivity contribution is 6.04. The van der Waals surface area contributed by atoms with Crippen molar-refractivity contribution < 1.29 is 23.8 Å². The molecule has 1 aliphatic carbocycles. The average Bonchev–Trinajstić information content (AvgIpc) is 2.73. The number of carbonyl (C=O) groups excluding carboxylic acids is 2. The summed E-state index contributed by atoms with van der Waals surface area (Å²) in [6.07, 6.45) is 1.60. The highest BCUT2D eigenvalue weighted by Crippen LogP contribution is 2.34. The fourth-order valence-electron chi connectivity index (χ4n) is 2.58. The van der Waals surface area contributed by atoms with Crippen molar-refractivity contribution in [2.24, 2.45) is 5.92 Å². The highest BCUT2D eigenvalue weighted by atomic mass is 16.7. The van der Waals surface area contributed by atoms with Crippen LogP contribution in [-0.4, -0.2) is 25.0 Å². The van der Waals surface area contributed by atoms with Gasteiger partial charge in [0.1, 0.15) is 17.3 Å². The highest BCUT2D eigenvalue weighted by Gasteiger charge is 2.35. The molecular weight excluding hydrogens is 272 g/mol. The lowest BCUT2D eigenvalue weighted by Gasteiger charge is -2.21. The van der Waals surface area contributed by atoms with Gasteiger partial charge in [-0.15, -0.1) is 0 Å². The van der Waals surface area contributed by atoms with Crippen molar-refractivity contribution in [2.45, 2.75) is 26.1 Å². The van der Waals surface area contributed by atoms with E-state index in [0.29, 0.717) is 35.7 Å². The van der Waals surface area contributed by atoms with Crippen LogP contribution in [0.1, 0.15) is 30.1 Å². The van der Waals surface area contributed by atoms with Crippen LogP contribution in [0.5, 0.6) is 11.5 Å². The van der Waals surface area contributed by atoms with Crippen molar-refractivity contribution in [3.05, 3.63) is 35.6 Å². The van der Waals surface area contributed by atoms with E-state index in [4.69, 9.17) is 14.2 Å². The molecule has 1 heterocycles. The maximum absolute atomic E-state index is 12.2. The molecule has 1 aromatic carbocycles. The van der Waals surface area contributed by atoms with Gasteiger partial charge >= 0.3 is 6.29 Å². The summed E-state index contributed by atoms with van der Waals surface area (Å²) in [6.45, 7) is 1.98. The fourth-order valence-corrected chi connectivity index (χ4v) is 2.58. The van der Waals surface area contributed by atoms with Crippen LogP contribution in [0, 0.1) is 5.92 Å². The van der Waals surface area contributed by atoms with Crippen LogP contribution in [-0.2, 0) is 9.53 Å². The molecule has 0 bridgehead atoms. The first-order chi connectivity index (χ1) is 10.1. The predicted molar refractivity (Wildman–Crippen MR) is 74.3 cm³/mol. The zero-order valence-electron chi connectivity index (χ0n) is 11.9. The molecule has 1 aliphatic heterocycles. The lowest BCUT2D eigenvalue weighted by atomic mass is 9.94. The van der Waals surface area contributed by atoms with E-state index in [9.17, 15) is 9.59 Å². The summed E-state index contributed by atoms with van der Waals surface area (Å²) in [5.41, 5.74) is 0.469. The van der Waals surface area contributed by atoms with Crippen molar-refractivity contribution in [2.75, 3.05) is 7.11 Å². The van der Waals surface area contributed by atoms with Crippen LogP contribution < -0.4 is 9.47 Å². The van der Waals surface area contributed by atoms with E-state index < -0.39 is 6.29 Å². The van der Waals surface area contributed by atoms with E-state index in [2.05, 4.69) is 0 Å². The summed E-state index contributed by atoms with van der Waals surface area (Å²) in [5.74, 6) is 1.57. The number of Topliss-reactive ketones (excluding diaryl/α,β-unsaturated/α-hetero) is 1. The van der Waals surface area contributed by atoms with Crippen molar-refractivity contribution in [3.63, 3.8) is 0 Å². The molecule has 3 rings (SSSR count). The van der Waals surface area contributed by atoms with Crippen molar-refractivity contribution in [3.8, 4) is 11.5 Å². The van der Waals surface area contributed by atoms with Gasteiger partial charge in [-0.05, 0) is 18.1 Å². The van der Waals surface area contributed by atoms with E-state index in [1.54, 1.807) is 25.3 Å². The van der Waals surface area contributed by atoms with Gasteiger partial charge in [-0.25, -0.2) is 0 Å². The number of fused-ring (bicyclic) bond motifs is 1. The number of benzene rings is 1. The largest absolute Gasteiger partial charge is 0.497 e. The topological polar surface area (TPSA) is 61.8 Å². The third-order valence-corrected chi connectivity index (χ3v) is 3.58. The number of rotatable bonds is 3. The Bertz CT molecular complexity index is 632. The van der Waals surface area contributed by atoms with Crippen LogP contribution in [0.4, 0.5) is 0 Å². The minimum atomic E-state index is -1.02. The standard InChI is InChI=1S/C16H16O5/c1-9-5-10(17)7-12(6-9)20-16-15(18)13-4-3-11(19-2)8-14(13)21-16/h3-4,7-9,16H,5-6H2,1-2H3. The average molecular weight is 288 g/mol. The quantitative estimate of drug-likeness (QED) is 0.855. The molecule has 1 aromatic rings. The minimum Gasteiger partial charge on any atom is -0.497 e. The Morgan fingerprint density at radius 1 is 1.24 bits per heavy atom. The van der Waals surface area contributed by atoms with Crippen molar-refractivity contribution in [1.82, 2.24) is 0 Å². The lowest BCUT2D eigenvalue weighted by molar-refractivity contribution is -0.116. The van der Waals surface area contributed by atoms with Gasteiger partial charge < -0.3 is 14.2 Å². The molecule has 110 valence electrons. The number of ketones is 2. The van der Waals surface area contributed by atoms with E-state index in [1.807, 2.05) is 6.92 Å². The smallest absolute Gasteiger partial charge is 0.305 e. The first-order valence-corrected chi connectivity index (χ1v) is 6.86. The maximum Gasteiger partial charge on any atom is 0.305 e. The molecular formula is C16H16O5. The summed E-state index contributed by atoms with van der Waals surface area (Å²) in [6, 6.07) is 5.01. The zero-order valence-corrected chi connectivity index (χ0v) is 11.9. The molecule has 0 amide bonds. The Morgan fingerprint density at radius 3 is 2.76 bits per heavy atom. The SMILES string of the molecule is COc1ccc2c(c1)OC(OC1=CC(=O)CC(C)C1)C2=O. The molecule has 5 heteroatoms. The fraction of sp³-hybridized carbons (Fsp3) is 0.375. The van der Waals surface area contributed by atoms with Crippen LogP contribution in [0.15, 0.2) is 30.0 Å². The molecule has 2 aliphatic rings. The monoisotopic (exact) mass is 288 g/mol. The Kier molecular flexibility index (Phi) is 3.41. The van der Waals surface area contributed by atoms with Crippen molar-refractivity contribution in [1.29, 1.82) is 0 Å². The summed E-state index contributed by atoms with van der Waals surface area (Å²) in [4.78, 5) is 23.8. The Morgan fingerprint density at radius 2 is 2.05 bits per heavy atom. The molecule has 0 saturated carbocycles. The van der Waals surface area contributed by atoms with Gasteiger partial charge in [0.25, 0.3) is 0 Å². The molecule has 0 fully saturated rings. The van der Waals surface area contributed by atoms with Crippen LogP contribution >= 0.6 is 0 Å². The van der Waals surface area contributed by atoms with Crippen LogP contribution in [0.25, 0.3) is 0 Å². The molecule has 0 saturated heterocycles. The second-order valence-electron chi connectivity index (χ2n) is 5.38. The molecule has 2 unspecified atom stereocenters. The first kappa shape index (κ1) is 13.7. The Balaban J connectivity index is 1.77. The molecule has 0 spiro atoms. The second kappa shape index (κ2) is 5.24. The van der Waals surface area contributed by atoms with Gasteiger partial charge in [-0.3, -0.25) is 9.59 Å². The molecule has 0 radical (unpaired) electrons. The van der Waals surface area contributed by atoms with Gasteiger partial charge in [0.15, 0.2) is 5.78 Å². The normalized spacial score (nSPS) is 24.2. The number of hydrogen-bond donors (Lipinski definition) is 0. The number of ether oxygens (including phenoxy) is 3. The van der Waals surface area contributed by atoms with Gasteiger partial charge in [0.05, 0.1) is 12.7 Å². The maximum atomic E-state index is 12.2. The number of allylic oxidation sites excluding steroid dienone is 2. The lowest BCUT2D eigenvalue weighted by Crippen LogP contribution is -2.26. The summed E-state index contributed by atoms with van der Waals surface area (Å²) < 4.78 is 16.2. The summed E-state index contributed by atoms with van der Waals surface area (Å²) in [5, 5.41) is 0. The summed E-state index contributed by atoms with van der Waals surface area (Å²) in [7, 11) is 1.55. The van der Waals surface area contributed by atoms with E-state index in [0.717, 1.165) is 0 Å². The molecule has 5 nitrogen and oxygen atoms in total. The number of carbonyl (C=O) groups is 2. The van der Waals surface area contributed by atoms with Gasteiger partial charge in [-0.2, -0.15) is 0 Å². The van der Waals surface area contributed by atoms with Crippen LogP contribution in [0.2, 0.25) is 0 Å². The van der Waals surface area contributed by atoms with E-state index >= 15 is 0 Å². The zero-order chi connectivity index (χ0) is 15.0. The van der Waals surface area contributed by atoms with Gasteiger partial charge in [0.2, 0.25) is 5.78 Å². The van der Waals surface area contributed by atoms with E-state index in [1.165, 1.54) is 6.08 Å². The number of hydrogen-bond acceptors (Lipinski definition) is 5. The third-order valence-electron chi connectivity index (χ3n) is 3.58. The molecule has 21 heavy (non-hydrogen) atoms. The Hall–Kier alpha value is -2.30. The van der Waals surface area contributed by atoms with Crippen molar-refractivity contribution >= 4 is 11.6 Å². The van der Waals surface area contributed by atoms with E-state index in [-0.39, 0.29) is 17.5 Å². The third kappa shape index (κ3) is 2.63. The predicted octanol–water partition coefficient (Wildman–Crippen LogP) is 2.50. The van der Waals surface area contributed by atoms with Gasteiger partial charge in [-0.1, -0.05) is 6.92 Å². The van der Waals surface area contributed by atoms with Gasteiger partial charge in [0, 0.05) is 25.0 Å². The number of methoxy groups -OCH3 is 1. The first-order valence-electron chi connectivity index (χ1n) is 6.86. The molecule has 2 atom stereocenters. The minimum absolute atomic E-state index is 0.0216. The summed E-state index contributed by atoms with van der Waals surface area (Å²) >= 11 is 0. The molecule has 0 N–H and O–H groups in total. The Labute approximate surface area is 122 Å². The second-order valence-corrected chi connectivity index (χ2v) is 5.38. The van der Waals surface area contributed by atoms with Crippen LogP contribution in [0.3, 0.4) is 0 Å².